The number of benzene rings is 3. The van der Waals surface area contributed by atoms with Crippen LogP contribution >= 0.6 is 12.2 Å². The normalized spacial score (nSPS) is 10.7. The summed E-state index contributed by atoms with van der Waals surface area (Å²) in [7, 11) is 0. The van der Waals surface area contributed by atoms with Gasteiger partial charge >= 0.3 is 0 Å². The molecule has 4 rings (SSSR count). The quantitative estimate of drug-likeness (QED) is 0.347. The molecule has 0 fully saturated rings. The van der Waals surface area contributed by atoms with E-state index in [9.17, 15) is 4.79 Å². The molecule has 152 valence electrons. The molecule has 0 saturated carbocycles. The minimum atomic E-state index is -0.320. The highest BCUT2D eigenvalue weighted by atomic mass is 32.1. The molecule has 0 unspecified atom stereocenters. The summed E-state index contributed by atoms with van der Waals surface area (Å²) in [4.78, 5) is 12.4. The van der Waals surface area contributed by atoms with Gasteiger partial charge in [-0.2, -0.15) is 5.10 Å². The van der Waals surface area contributed by atoms with Crippen LogP contribution < -0.4 is 10.6 Å². The fraction of sp³-hybridized carbons (Fsp3) is 0. The van der Waals surface area contributed by atoms with E-state index in [0.717, 1.165) is 28.2 Å². The number of nitrogens with one attached hydrogen (secondary N) is 2. The summed E-state index contributed by atoms with van der Waals surface area (Å²) in [5, 5.41) is 10.6. The van der Waals surface area contributed by atoms with Crippen molar-refractivity contribution in [2.75, 3.05) is 5.32 Å². The molecule has 0 atom stereocenters. The molecule has 31 heavy (non-hydrogen) atoms. The molecule has 2 N–H and O–H groups in total. The van der Waals surface area contributed by atoms with Gasteiger partial charge in [0.15, 0.2) is 5.11 Å². The monoisotopic (exact) mass is 424 g/mol. The van der Waals surface area contributed by atoms with Gasteiger partial charge in [0, 0.05) is 29.1 Å². The van der Waals surface area contributed by atoms with Crippen molar-refractivity contribution in [3.8, 4) is 16.9 Å². The number of thiocarbonyl (C=S) groups is 1. The molecule has 0 radical (unpaired) electrons. The second-order valence-corrected chi connectivity index (χ2v) is 7.13. The Labute approximate surface area is 186 Å². The third kappa shape index (κ3) is 5.32. The zero-order valence-electron chi connectivity index (χ0n) is 16.6. The van der Waals surface area contributed by atoms with Crippen molar-refractivity contribution in [1.82, 2.24) is 15.1 Å². The van der Waals surface area contributed by atoms with Gasteiger partial charge in [0.05, 0.1) is 11.4 Å². The molecule has 0 aliphatic rings. The number of rotatable bonds is 5. The third-order valence-electron chi connectivity index (χ3n) is 4.49. The zero-order valence-corrected chi connectivity index (χ0v) is 17.4. The number of amides is 1. The average molecular weight is 425 g/mol. The van der Waals surface area contributed by atoms with Gasteiger partial charge < -0.3 is 5.32 Å². The highest BCUT2D eigenvalue weighted by molar-refractivity contribution is 7.80. The number of carbonyl (C=O) groups is 1. The Hall–Kier alpha value is -4.03. The first kappa shape index (κ1) is 20.3. The van der Waals surface area contributed by atoms with Crippen molar-refractivity contribution in [3.05, 3.63) is 109 Å². The van der Waals surface area contributed by atoms with Crippen molar-refractivity contribution in [2.45, 2.75) is 0 Å². The lowest BCUT2D eigenvalue weighted by atomic mass is 10.1. The van der Waals surface area contributed by atoms with Gasteiger partial charge in [-0.25, -0.2) is 4.68 Å². The van der Waals surface area contributed by atoms with E-state index in [1.165, 1.54) is 6.08 Å². The Kier molecular flexibility index (Phi) is 6.30. The smallest absolute Gasteiger partial charge is 0.250 e. The van der Waals surface area contributed by atoms with Crippen LogP contribution in [0.2, 0.25) is 0 Å². The first-order chi connectivity index (χ1) is 15.2. The highest BCUT2D eigenvalue weighted by Crippen LogP contribution is 2.24. The number of aromatic nitrogens is 2. The maximum Gasteiger partial charge on any atom is 0.250 e. The predicted octanol–water partition coefficient (Wildman–Crippen LogP) is 5.07. The number of nitrogens with zero attached hydrogens (tertiary/aromatic N) is 2. The molecule has 3 aromatic carbocycles. The maximum atomic E-state index is 12.4. The first-order valence-corrected chi connectivity index (χ1v) is 10.2. The predicted molar refractivity (Wildman–Crippen MR) is 129 cm³/mol. The van der Waals surface area contributed by atoms with E-state index in [1.54, 1.807) is 6.08 Å². The molecular formula is C25H20N4OS. The molecule has 0 spiro atoms. The summed E-state index contributed by atoms with van der Waals surface area (Å²) in [5.41, 5.74) is 4.34. The van der Waals surface area contributed by atoms with Gasteiger partial charge in [0.25, 0.3) is 0 Å². The molecule has 0 bridgehead atoms. The number of hydrogen-bond donors (Lipinski definition) is 2. The van der Waals surface area contributed by atoms with Crippen LogP contribution in [-0.4, -0.2) is 20.8 Å². The lowest BCUT2D eigenvalue weighted by molar-refractivity contribution is -0.115. The lowest BCUT2D eigenvalue weighted by Crippen LogP contribution is -2.32. The van der Waals surface area contributed by atoms with Crippen LogP contribution in [0.3, 0.4) is 0 Å². The molecule has 1 heterocycles. The molecule has 5 nitrogen and oxygen atoms in total. The van der Waals surface area contributed by atoms with Crippen LogP contribution in [0.15, 0.2) is 103 Å². The summed E-state index contributed by atoms with van der Waals surface area (Å²) in [5.74, 6) is -0.320. The van der Waals surface area contributed by atoms with Crippen LogP contribution in [-0.2, 0) is 4.79 Å². The van der Waals surface area contributed by atoms with Gasteiger partial charge in [-0.05, 0) is 42.6 Å². The van der Waals surface area contributed by atoms with Crippen LogP contribution in [0.25, 0.3) is 23.0 Å². The summed E-state index contributed by atoms with van der Waals surface area (Å²) >= 11 is 5.22. The number of para-hydroxylation sites is 2. The topological polar surface area (TPSA) is 59.0 Å². The minimum absolute atomic E-state index is 0.240. The molecule has 0 aliphatic heterocycles. The SMILES string of the molecule is O=C(/C=C/c1cn(-c2ccccc2)nc1-c1ccccc1)NC(=S)Nc1ccccc1. The van der Waals surface area contributed by atoms with Gasteiger partial charge in [-0.15, -0.1) is 0 Å². The standard InChI is InChI=1S/C25H20N4OS/c30-23(27-25(31)26-21-12-6-2-7-13-21)17-16-20-18-29(22-14-8-3-9-15-22)28-24(20)19-10-4-1-5-11-19/h1-18H,(H2,26,27,30,31)/b17-16+. The van der Waals surface area contributed by atoms with Crippen LogP contribution in [0.5, 0.6) is 0 Å². The Morgan fingerprint density at radius 2 is 1.48 bits per heavy atom. The minimum Gasteiger partial charge on any atom is -0.332 e. The first-order valence-electron chi connectivity index (χ1n) is 9.75. The van der Waals surface area contributed by atoms with Gasteiger partial charge in [0.1, 0.15) is 0 Å². The van der Waals surface area contributed by atoms with Crippen LogP contribution in [0.4, 0.5) is 5.69 Å². The second-order valence-electron chi connectivity index (χ2n) is 6.72. The third-order valence-corrected chi connectivity index (χ3v) is 4.70. The van der Waals surface area contributed by atoms with Gasteiger partial charge in [-0.1, -0.05) is 66.7 Å². The van der Waals surface area contributed by atoms with Crippen molar-refractivity contribution < 1.29 is 4.79 Å². The second kappa shape index (κ2) is 9.65. The highest BCUT2D eigenvalue weighted by Gasteiger charge is 2.11. The van der Waals surface area contributed by atoms with Crippen LogP contribution in [0.1, 0.15) is 5.56 Å². The van der Waals surface area contributed by atoms with E-state index in [0.29, 0.717) is 0 Å². The van der Waals surface area contributed by atoms with E-state index in [-0.39, 0.29) is 11.0 Å². The number of anilines is 1. The zero-order chi connectivity index (χ0) is 21.5. The molecule has 0 saturated heterocycles. The Balaban J connectivity index is 1.54. The van der Waals surface area contributed by atoms with E-state index in [4.69, 9.17) is 17.3 Å². The maximum absolute atomic E-state index is 12.4. The van der Waals surface area contributed by atoms with E-state index in [1.807, 2.05) is 102 Å². The Bertz CT molecular complexity index is 1200. The van der Waals surface area contributed by atoms with Gasteiger partial charge in [-0.3, -0.25) is 10.1 Å². The van der Waals surface area contributed by atoms with E-state index < -0.39 is 0 Å². The van der Waals surface area contributed by atoms with Crippen molar-refractivity contribution >= 4 is 35.0 Å². The Morgan fingerprint density at radius 1 is 0.871 bits per heavy atom. The lowest BCUT2D eigenvalue weighted by Gasteiger charge is -2.07. The van der Waals surface area contributed by atoms with Crippen LogP contribution in [0, 0.1) is 0 Å². The molecular weight excluding hydrogens is 404 g/mol. The van der Waals surface area contributed by atoms with Crippen molar-refractivity contribution in [3.63, 3.8) is 0 Å². The Morgan fingerprint density at radius 3 is 2.16 bits per heavy atom. The number of carbonyl (C=O) groups excluding carboxylic acids is 1. The van der Waals surface area contributed by atoms with E-state index >= 15 is 0 Å². The molecule has 1 aromatic heterocycles. The van der Waals surface area contributed by atoms with Crippen molar-refractivity contribution in [1.29, 1.82) is 0 Å². The average Bonchev–Trinajstić information content (AvgIpc) is 3.24. The fourth-order valence-corrected chi connectivity index (χ4v) is 3.26. The fourth-order valence-electron chi connectivity index (χ4n) is 3.05. The molecule has 0 aliphatic carbocycles. The van der Waals surface area contributed by atoms with Crippen molar-refractivity contribution in [2.24, 2.45) is 0 Å². The largest absolute Gasteiger partial charge is 0.332 e. The van der Waals surface area contributed by atoms with Gasteiger partial charge in [0.2, 0.25) is 5.91 Å². The molecule has 1 amide bonds. The summed E-state index contributed by atoms with van der Waals surface area (Å²) < 4.78 is 1.81. The van der Waals surface area contributed by atoms with E-state index in [2.05, 4.69) is 10.6 Å². The summed E-state index contributed by atoms with van der Waals surface area (Å²) in [6, 6.07) is 29.2. The summed E-state index contributed by atoms with van der Waals surface area (Å²) in [6.45, 7) is 0. The summed E-state index contributed by atoms with van der Waals surface area (Å²) in [6.07, 6.45) is 5.11. The number of hydrogen-bond acceptors (Lipinski definition) is 3. The molecule has 4 aromatic rings. The molecule has 6 heteroatoms.